The highest BCUT2D eigenvalue weighted by atomic mass is 33.1. The van der Waals surface area contributed by atoms with E-state index in [4.69, 9.17) is 0 Å². The Morgan fingerprint density at radius 1 is 1.58 bits per heavy atom. The van der Waals surface area contributed by atoms with E-state index < -0.39 is 10.8 Å². The summed E-state index contributed by atoms with van der Waals surface area (Å²) in [7, 11) is 2.93. The van der Waals surface area contributed by atoms with Crippen molar-refractivity contribution in [2.45, 2.75) is 25.5 Å². The molecule has 0 amide bonds. The fraction of sp³-hybridized carbons (Fsp3) is 0.750. The minimum Gasteiger partial charge on any atom is -0.255 e. The van der Waals surface area contributed by atoms with Crippen molar-refractivity contribution in [1.82, 2.24) is 0 Å². The SMILES string of the molecule is CC[C@H](C)SSC/C=C/[S@](C)=O. The molecule has 0 bridgehead atoms. The van der Waals surface area contributed by atoms with E-state index in [1.807, 2.05) is 27.7 Å². The van der Waals surface area contributed by atoms with Gasteiger partial charge in [0.1, 0.15) is 0 Å². The molecule has 2 atom stereocenters. The zero-order valence-electron chi connectivity index (χ0n) is 7.78. The lowest BCUT2D eigenvalue weighted by Gasteiger charge is -2.04. The first-order valence-corrected chi connectivity index (χ1v) is 7.94. The first kappa shape index (κ1) is 12.6. The van der Waals surface area contributed by atoms with E-state index in [-0.39, 0.29) is 0 Å². The molecule has 0 saturated heterocycles. The standard InChI is InChI=1S/C8H16OS3/c1-4-8(2)11-10-6-5-7-12(3)9/h5,7-8H,4,6H2,1-3H3/b7-5+/t8-,12-/m0/s1. The van der Waals surface area contributed by atoms with E-state index in [1.165, 1.54) is 6.42 Å². The molecule has 0 N–H and O–H groups in total. The molecular weight excluding hydrogens is 208 g/mol. The predicted octanol–water partition coefficient (Wildman–Crippen LogP) is 3.06. The topological polar surface area (TPSA) is 17.1 Å². The third kappa shape index (κ3) is 8.68. The van der Waals surface area contributed by atoms with Crippen LogP contribution in [0.25, 0.3) is 0 Å². The van der Waals surface area contributed by atoms with Gasteiger partial charge in [-0.15, -0.1) is 0 Å². The summed E-state index contributed by atoms with van der Waals surface area (Å²) < 4.78 is 10.6. The van der Waals surface area contributed by atoms with Gasteiger partial charge >= 0.3 is 0 Å². The molecule has 0 aliphatic carbocycles. The molecule has 0 aliphatic rings. The van der Waals surface area contributed by atoms with Crippen LogP contribution in [0.5, 0.6) is 0 Å². The van der Waals surface area contributed by atoms with Gasteiger partial charge in [-0.1, -0.05) is 41.5 Å². The zero-order chi connectivity index (χ0) is 9.40. The van der Waals surface area contributed by atoms with Gasteiger partial charge in [-0.25, -0.2) is 0 Å². The van der Waals surface area contributed by atoms with Gasteiger partial charge in [-0.2, -0.15) is 0 Å². The van der Waals surface area contributed by atoms with Crippen molar-refractivity contribution < 1.29 is 4.21 Å². The third-order valence-electron chi connectivity index (χ3n) is 1.26. The lowest BCUT2D eigenvalue weighted by atomic mass is 10.4. The third-order valence-corrected chi connectivity index (χ3v) is 4.76. The molecule has 0 aromatic carbocycles. The lowest BCUT2D eigenvalue weighted by molar-refractivity contribution is 0.691. The highest BCUT2D eigenvalue weighted by Crippen LogP contribution is 2.27. The van der Waals surface area contributed by atoms with Gasteiger partial charge in [0.2, 0.25) is 0 Å². The van der Waals surface area contributed by atoms with Crippen molar-refractivity contribution in [3.63, 3.8) is 0 Å². The van der Waals surface area contributed by atoms with Crippen LogP contribution in [0.3, 0.4) is 0 Å². The molecule has 0 fully saturated rings. The monoisotopic (exact) mass is 224 g/mol. The van der Waals surface area contributed by atoms with Gasteiger partial charge in [0.25, 0.3) is 0 Å². The summed E-state index contributed by atoms with van der Waals surface area (Å²) in [6.07, 6.45) is 4.86. The van der Waals surface area contributed by atoms with E-state index in [0.717, 1.165) is 11.0 Å². The molecule has 0 saturated carbocycles. The number of rotatable bonds is 6. The zero-order valence-corrected chi connectivity index (χ0v) is 10.2. The summed E-state index contributed by atoms with van der Waals surface area (Å²) in [5.74, 6) is 0.953. The highest BCUT2D eigenvalue weighted by molar-refractivity contribution is 8.77. The maximum Gasteiger partial charge on any atom is 0.0421 e. The maximum absolute atomic E-state index is 10.6. The van der Waals surface area contributed by atoms with Crippen molar-refractivity contribution in [3.05, 3.63) is 11.5 Å². The van der Waals surface area contributed by atoms with Gasteiger partial charge in [0, 0.05) is 28.1 Å². The largest absolute Gasteiger partial charge is 0.255 e. The van der Waals surface area contributed by atoms with Crippen LogP contribution in [0, 0.1) is 0 Å². The van der Waals surface area contributed by atoms with Gasteiger partial charge in [-0.05, 0) is 11.8 Å². The molecule has 0 radical (unpaired) electrons. The quantitative estimate of drug-likeness (QED) is 0.510. The molecule has 0 rings (SSSR count). The van der Waals surface area contributed by atoms with Gasteiger partial charge in [-0.3, -0.25) is 4.21 Å². The van der Waals surface area contributed by atoms with Crippen LogP contribution < -0.4 is 0 Å². The molecule has 0 aliphatic heterocycles. The summed E-state index contributed by atoms with van der Waals surface area (Å²) in [6.45, 7) is 4.41. The predicted molar refractivity (Wildman–Crippen MR) is 63.0 cm³/mol. The average Bonchev–Trinajstić information content (AvgIpc) is 2.03. The second kappa shape index (κ2) is 8.20. The average molecular weight is 224 g/mol. The van der Waals surface area contributed by atoms with E-state index in [1.54, 1.807) is 11.7 Å². The normalized spacial score (nSPS) is 16.6. The van der Waals surface area contributed by atoms with E-state index >= 15 is 0 Å². The van der Waals surface area contributed by atoms with Crippen molar-refractivity contribution in [2.24, 2.45) is 0 Å². The molecule has 0 unspecified atom stereocenters. The van der Waals surface area contributed by atoms with Crippen molar-refractivity contribution in [3.8, 4) is 0 Å². The van der Waals surface area contributed by atoms with Gasteiger partial charge in [0.15, 0.2) is 0 Å². The fourth-order valence-electron chi connectivity index (χ4n) is 0.438. The Morgan fingerprint density at radius 2 is 2.25 bits per heavy atom. The molecule has 0 aromatic rings. The van der Waals surface area contributed by atoms with Crippen LogP contribution in [-0.2, 0) is 10.8 Å². The Labute approximate surface area is 85.6 Å². The van der Waals surface area contributed by atoms with Crippen LogP contribution >= 0.6 is 21.6 Å². The lowest BCUT2D eigenvalue weighted by Crippen LogP contribution is -1.88. The van der Waals surface area contributed by atoms with Gasteiger partial charge < -0.3 is 0 Å². The second-order valence-electron chi connectivity index (χ2n) is 2.47. The van der Waals surface area contributed by atoms with Crippen LogP contribution in [0.4, 0.5) is 0 Å². The highest BCUT2D eigenvalue weighted by Gasteiger charge is 1.96. The van der Waals surface area contributed by atoms with E-state index in [9.17, 15) is 4.21 Å². The smallest absolute Gasteiger partial charge is 0.0421 e. The summed E-state index contributed by atoms with van der Waals surface area (Å²) in [5.41, 5.74) is 0. The van der Waals surface area contributed by atoms with Gasteiger partial charge in [0.05, 0.1) is 0 Å². The summed E-state index contributed by atoms with van der Waals surface area (Å²) in [5, 5.41) is 2.46. The minimum absolute atomic E-state index is 0.718. The molecule has 72 valence electrons. The molecule has 0 aromatic heterocycles. The molecule has 4 heteroatoms. The van der Waals surface area contributed by atoms with E-state index in [2.05, 4.69) is 13.8 Å². The Kier molecular flexibility index (Phi) is 8.60. The van der Waals surface area contributed by atoms with E-state index in [0.29, 0.717) is 0 Å². The van der Waals surface area contributed by atoms with Crippen LogP contribution in [0.15, 0.2) is 11.5 Å². The summed E-state index contributed by atoms with van der Waals surface area (Å²) >= 11 is 0. The van der Waals surface area contributed by atoms with Crippen molar-refractivity contribution in [1.29, 1.82) is 0 Å². The Balaban J connectivity index is 3.26. The summed E-state index contributed by atoms with van der Waals surface area (Å²) in [4.78, 5) is 0. The Morgan fingerprint density at radius 3 is 2.75 bits per heavy atom. The molecule has 0 heterocycles. The first-order valence-electron chi connectivity index (χ1n) is 3.94. The van der Waals surface area contributed by atoms with Crippen molar-refractivity contribution in [2.75, 3.05) is 12.0 Å². The van der Waals surface area contributed by atoms with Crippen LogP contribution in [0.2, 0.25) is 0 Å². The first-order chi connectivity index (χ1) is 5.66. The Hall–Kier alpha value is 0.590. The molecule has 1 nitrogen and oxygen atoms in total. The Bertz CT molecular complexity index is 156. The number of hydrogen-bond acceptors (Lipinski definition) is 3. The molecule has 12 heavy (non-hydrogen) atoms. The maximum atomic E-state index is 10.6. The second-order valence-corrected chi connectivity index (χ2v) is 6.59. The molecular formula is C8H16OS3. The molecule has 0 spiro atoms. The fourth-order valence-corrected chi connectivity index (χ4v) is 3.12. The van der Waals surface area contributed by atoms with Crippen LogP contribution in [-0.4, -0.2) is 21.5 Å². The minimum atomic E-state index is -0.785. The van der Waals surface area contributed by atoms with Crippen molar-refractivity contribution >= 4 is 32.4 Å². The summed E-state index contributed by atoms with van der Waals surface area (Å²) in [6, 6.07) is 0. The van der Waals surface area contributed by atoms with Crippen LogP contribution in [0.1, 0.15) is 20.3 Å². The number of hydrogen-bond donors (Lipinski definition) is 0.